The van der Waals surface area contributed by atoms with Gasteiger partial charge in [-0.2, -0.15) is 0 Å². The highest BCUT2D eigenvalue weighted by atomic mass is 16.5. The molecule has 0 saturated carbocycles. The molecular weight excluding hydrogens is 228 g/mol. The van der Waals surface area contributed by atoms with E-state index in [2.05, 4.69) is 19.2 Å². The minimum absolute atomic E-state index is 0.0943. The molecule has 18 heavy (non-hydrogen) atoms. The van der Waals surface area contributed by atoms with E-state index in [4.69, 9.17) is 4.74 Å². The van der Waals surface area contributed by atoms with E-state index < -0.39 is 5.54 Å². The third-order valence-corrected chi connectivity index (χ3v) is 3.98. The number of amides is 1. The van der Waals surface area contributed by atoms with Crippen molar-refractivity contribution in [2.75, 3.05) is 13.7 Å². The molecule has 0 radical (unpaired) electrons. The fourth-order valence-electron chi connectivity index (χ4n) is 2.33. The third-order valence-electron chi connectivity index (χ3n) is 3.98. The van der Waals surface area contributed by atoms with Crippen molar-refractivity contribution in [3.05, 3.63) is 0 Å². The maximum absolute atomic E-state index is 12.6. The van der Waals surface area contributed by atoms with Crippen LogP contribution < -0.4 is 5.32 Å². The summed E-state index contributed by atoms with van der Waals surface area (Å²) < 4.78 is 5.46. The molecule has 0 aliphatic carbocycles. The number of hydrogen-bond acceptors (Lipinski definition) is 3. The molecule has 1 heterocycles. The zero-order valence-corrected chi connectivity index (χ0v) is 12.8. The number of carbonyl (C=O) groups is 1. The Hall–Kier alpha value is -0.610. The lowest BCUT2D eigenvalue weighted by molar-refractivity contribution is -0.137. The highest BCUT2D eigenvalue weighted by molar-refractivity contribution is 5.88. The van der Waals surface area contributed by atoms with E-state index in [0.717, 1.165) is 6.42 Å². The van der Waals surface area contributed by atoms with Gasteiger partial charge in [0.05, 0.1) is 23.9 Å². The van der Waals surface area contributed by atoms with Crippen LogP contribution in [0.5, 0.6) is 0 Å². The second-order valence-corrected chi connectivity index (χ2v) is 6.42. The molecule has 1 saturated heterocycles. The van der Waals surface area contributed by atoms with Crippen LogP contribution in [-0.4, -0.2) is 41.8 Å². The van der Waals surface area contributed by atoms with Gasteiger partial charge in [-0.1, -0.05) is 20.8 Å². The third kappa shape index (κ3) is 2.86. The molecule has 2 atom stereocenters. The summed E-state index contributed by atoms with van der Waals surface area (Å²) in [5.41, 5.74) is -0.748. The monoisotopic (exact) mass is 256 g/mol. The molecule has 0 bridgehead atoms. The topological polar surface area (TPSA) is 41.6 Å². The molecule has 1 N–H and O–H groups in total. The van der Waals surface area contributed by atoms with Gasteiger partial charge in [0.15, 0.2) is 0 Å². The van der Waals surface area contributed by atoms with Gasteiger partial charge >= 0.3 is 0 Å². The average molecular weight is 256 g/mol. The van der Waals surface area contributed by atoms with Gasteiger partial charge < -0.3 is 9.64 Å². The Labute approximate surface area is 111 Å². The smallest absolute Gasteiger partial charge is 0.243 e. The lowest BCUT2D eigenvalue weighted by Gasteiger charge is -2.34. The summed E-state index contributed by atoms with van der Waals surface area (Å²) in [6, 6.07) is 0. The maximum Gasteiger partial charge on any atom is 0.243 e. The van der Waals surface area contributed by atoms with E-state index in [0.29, 0.717) is 12.5 Å². The number of nitrogens with zero attached hydrogens (tertiary/aromatic N) is 1. The summed E-state index contributed by atoms with van der Waals surface area (Å²) in [6.07, 6.45) is 0.899. The highest BCUT2D eigenvalue weighted by Gasteiger charge is 2.48. The van der Waals surface area contributed by atoms with Crippen molar-refractivity contribution in [2.24, 2.45) is 5.92 Å². The van der Waals surface area contributed by atoms with Gasteiger partial charge in [-0.3, -0.25) is 10.1 Å². The van der Waals surface area contributed by atoms with E-state index in [-0.39, 0.29) is 17.7 Å². The summed E-state index contributed by atoms with van der Waals surface area (Å²) in [6.45, 7) is 13.0. The Morgan fingerprint density at radius 1 is 1.50 bits per heavy atom. The van der Waals surface area contributed by atoms with E-state index in [1.807, 2.05) is 32.6 Å². The Kier molecular flexibility index (Phi) is 4.44. The van der Waals surface area contributed by atoms with Gasteiger partial charge in [0.25, 0.3) is 0 Å². The summed E-state index contributed by atoms with van der Waals surface area (Å²) in [5, 5.41) is 3.48. The van der Waals surface area contributed by atoms with Crippen LogP contribution >= 0.6 is 0 Å². The fraction of sp³-hybridized carbons (Fsp3) is 0.929. The molecule has 0 aromatic heterocycles. The van der Waals surface area contributed by atoms with Crippen molar-refractivity contribution in [2.45, 2.75) is 65.3 Å². The summed E-state index contributed by atoms with van der Waals surface area (Å²) in [5.74, 6) is 0.573. The molecule has 1 fully saturated rings. The average Bonchev–Trinajstić information content (AvgIpc) is 2.55. The van der Waals surface area contributed by atoms with E-state index >= 15 is 0 Å². The van der Waals surface area contributed by atoms with Crippen LogP contribution in [0.1, 0.15) is 48.0 Å². The van der Waals surface area contributed by atoms with E-state index in [1.54, 1.807) is 7.11 Å². The van der Waals surface area contributed by atoms with Crippen LogP contribution in [0.2, 0.25) is 0 Å². The molecule has 2 unspecified atom stereocenters. The molecule has 1 aliphatic rings. The van der Waals surface area contributed by atoms with Crippen molar-refractivity contribution in [3.63, 3.8) is 0 Å². The first kappa shape index (κ1) is 15.4. The van der Waals surface area contributed by atoms with Crippen LogP contribution in [0, 0.1) is 5.92 Å². The summed E-state index contributed by atoms with van der Waals surface area (Å²) in [4.78, 5) is 14.5. The van der Waals surface area contributed by atoms with Crippen molar-refractivity contribution in [1.82, 2.24) is 10.2 Å². The van der Waals surface area contributed by atoms with Gasteiger partial charge in [-0.15, -0.1) is 0 Å². The molecule has 0 aromatic carbocycles. The second-order valence-electron chi connectivity index (χ2n) is 6.42. The summed E-state index contributed by atoms with van der Waals surface area (Å²) in [7, 11) is 1.69. The molecule has 1 rings (SSSR count). The zero-order chi connectivity index (χ0) is 14.1. The number of nitrogens with one attached hydrogen (secondary N) is 1. The van der Waals surface area contributed by atoms with Crippen LogP contribution in [0.15, 0.2) is 0 Å². The van der Waals surface area contributed by atoms with Gasteiger partial charge in [0, 0.05) is 7.11 Å². The molecule has 1 aliphatic heterocycles. The molecular formula is C14H28N2O2. The lowest BCUT2D eigenvalue weighted by Crippen LogP contribution is -2.48. The molecule has 1 amide bonds. The Balaban J connectivity index is 2.96. The van der Waals surface area contributed by atoms with Crippen LogP contribution in [0.25, 0.3) is 0 Å². The molecule has 4 heteroatoms. The second kappa shape index (κ2) is 5.17. The van der Waals surface area contributed by atoms with Crippen LogP contribution in [0.3, 0.4) is 0 Å². The van der Waals surface area contributed by atoms with E-state index in [9.17, 15) is 4.79 Å². The van der Waals surface area contributed by atoms with Gasteiger partial charge in [-0.05, 0) is 33.1 Å². The number of carbonyl (C=O) groups excluding carboxylic acids is 1. The largest absolute Gasteiger partial charge is 0.377 e. The predicted molar refractivity (Wildman–Crippen MR) is 73.3 cm³/mol. The minimum Gasteiger partial charge on any atom is -0.377 e. The fourth-order valence-corrected chi connectivity index (χ4v) is 2.33. The van der Waals surface area contributed by atoms with Crippen molar-refractivity contribution >= 4 is 5.91 Å². The number of hydrogen-bond donors (Lipinski definition) is 1. The van der Waals surface area contributed by atoms with Gasteiger partial charge in [0.2, 0.25) is 5.91 Å². The van der Waals surface area contributed by atoms with Gasteiger partial charge in [-0.25, -0.2) is 0 Å². The van der Waals surface area contributed by atoms with Crippen LogP contribution in [-0.2, 0) is 9.53 Å². The predicted octanol–water partition coefficient (Wildman–Crippen LogP) is 1.99. The Bertz CT molecular complexity index is 315. The highest BCUT2D eigenvalue weighted by Crippen LogP contribution is 2.29. The van der Waals surface area contributed by atoms with Crippen molar-refractivity contribution in [1.29, 1.82) is 0 Å². The van der Waals surface area contributed by atoms with Crippen molar-refractivity contribution < 1.29 is 9.53 Å². The van der Waals surface area contributed by atoms with E-state index in [1.165, 1.54) is 0 Å². The molecule has 106 valence electrons. The molecule has 0 spiro atoms. The normalized spacial score (nSPS) is 29.4. The first-order chi connectivity index (χ1) is 8.17. The SMILES string of the molecule is CCC1(C)NC(C(C)C)N(CC(C)(C)OC)C1=O. The standard InChI is InChI=1S/C14H28N2O2/c1-8-14(6)12(17)16(9-13(4,5)18-7)11(15-14)10(2)3/h10-11,15H,8-9H2,1-7H3. The maximum atomic E-state index is 12.6. The first-order valence-corrected chi connectivity index (χ1v) is 6.81. The Morgan fingerprint density at radius 3 is 2.44 bits per heavy atom. The summed E-state index contributed by atoms with van der Waals surface area (Å²) >= 11 is 0. The molecule has 0 aromatic rings. The quantitative estimate of drug-likeness (QED) is 0.818. The lowest BCUT2D eigenvalue weighted by atomic mass is 9.99. The Morgan fingerprint density at radius 2 is 2.06 bits per heavy atom. The number of rotatable bonds is 5. The van der Waals surface area contributed by atoms with Gasteiger partial charge in [0.1, 0.15) is 0 Å². The minimum atomic E-state index is -0.432. The van der Waals surface area contributed by atoms with Crippen LogP contribution in [0.4, 0.5) is 0 Å². The molecule has 4 nitrogen and oxygen atoms in total. The number of methoxy groups -OCH3 is 1. The van der Waals surface area contributed by atoms with Crippen molar-refractivity contribution in [3.8, 4) is 0 Å². The first-order valence-electron chi connectivity index (χ1n) is 6.81. The number of ether oxygens (including phenoxy) is 1. The zero-order valence-electron chi connectivity index (χ0n) is 12.8.